The Kier molecular flexibility index (Phi) is 4.99. The molecule has 1 aliphatic rings. The number of rotatable bonds is 7. The quantitative estimate of drug-likeness (QED) is 0.769. The topological polar surface area (TPSA) is 72.2 Å². The second-order valence-electron chi connectivity index (χ2n) is 5.11. The Bertz CT molecular complexity index is 496. The van der Waals surface area contributed by atoms with Crippen molar-refractivity contribution >= 4 is 9.84 Å². The van der Waals surface area contributed by atoms with Crippen LogP contribution in [0.15, 0.2) is 10.6 Å². The summed E-state index contributed by atoms with van der Waals surface area (Å²) in [5.74, 6) is 1.94. The number of hydrogen-bond acceptors (Lipinski definition) is 5. The van der Waals surface area contributed by atoms with Crippen LogP contribution < -0.4 is 5.32 Å². The third-order valence-electron chi connectivity index (χ3n) is 3.38. The van der Waals surface area contributed by atoms with Gasteiger partial charge in [0.1, 0.15) is 5.76 Å². The third kappa shape index (κ3) is 4.31. The molecule has 0 aromatic carbocycles. The summed E-state index contributed by atoms with van der Waals surface area (Å²) in [5.41, 5.74) is 0. The molecule has 0 amide bonds. The molecule has 5 nitrogen and oxygen atoms in total. The second-order valence-corrected chi connectivity index (χ2v) is 7.34. The Hall–Kier alpha value is -0.880. The van der Waals surface area contributed by atoms with Crippen LogP contribution in [0, 0.1) is 0 Å². The smallest absolute Gasteiger partial charge is 0.194 e. The first-order valence-corrected chi connectivity index (χ1v) is 8.78. The van der Waals surface area contributed by atoms with Gasteiger partial charge < -0.3 is 9.73 Å². The molecule has 1 fully saturated rings. The van der Waals surface area contributed by atoms with Crippen LogP contribution in [0.3, 0.4) is 0 Å². The average Bonchev–Trinajstić information content (AvgIpc) is 2.95. The Labute approximate surface area is 114 Å². The summed E-state index contributed by atoms with van der Waals surface area (Å²) < 4.78 is 28.5. The number of nitrogens with one attached hydrogen (secondary N) is 1. The zero-order valence-electron chi connectivity index (χ0n) is 11.4. The Morgan fingerprint density at radius 1 is 1.47 bits per heavy atom. The van der Waals surface area contributed by atoms with Crippen molar-refractivity contribution in [1.82, 2.24) is 10.3 Å². The fourth-order valence-corrected chi connectivity index (χ4v) is 4.07. The van der Waals surface area contributed by atoms with Gasteiger partial charge in [-0.2, -0.15) is 0 Å². The van der Waals surface area contributed by atoms with Gasteiger partial charge in [-0.1, -0.05) is 6.92 Å². The highest BCUT2D eigenvalue weighted by Crippen LogP contribution is 2.29. The van der Waals surface area contributed by atoms with Crippen LogP contribution in [0.1, 0.15) is 43.8 Å². The first kappa shape index (κ1) is 14.5. The monoisotopic (exact) mass is 286 g/mol. The molecular weight excluding hydrogens is 264 g/mol. The van der Waals surface area contributed by atoms with Crippen molar-refractivity contribution < 1.29 is 12.8 Å². The summed E-state index contributed by atoms with van der Waals surface area (Å²) in [7, 11) is -2.86. The van der Waals surface area contributed by atoms with Crippen molar-refractivity contribution in [3.05, 3.63) is 17.8 Å². The van der Waals surface area contributed by atoms with Gasteiger partial charge in [0.05, 0.1) is 17.7 Å². The van der Waals surface area contributed by atoms with Gasteiger partial charge in [-0.15, -0.1) is 0 Å². The molecule has 0 radical (unpaired) electrons. The normalized spacial score (nSPS) is 21.8. The molecule has 0 saturated carbocycles. The molecule has 1 atom stereocenters. The molecule has 1 aromatic heterocycles. The minimum Gasteiger partial charge on any atom is -0.445 e. The van der Waals surface area contributed by atoms with E-state index in [9.17, 15) is 8.42 Å². The van der Waals surface area contributed by atoms with Crippen LogP contribution in [0.2, 0.25) is 0 Å². The van der Waals surface area contributed by atoms with E-state index in [1.165, 1.54) is 0 Å². The lowest BCUT2D eigenvalue weighted by atomic mass is 10.1. The van der Waals surface area contributed by atoms with E-state index in [0.717, 1.165) is 44.0 Å². The van der Waals surface area contributed by atoms with E-state index in [1.807, 2.05) is 0 Å². The zero-order chi connectivity index (χ0) is 13.7. The van der Waals surface area contributed by atoms with Crippen molar-refractivity contribution in [3.63, 3.8) is 0 Å². The molecule has 1 saturated heterocycles. The SMILES string of the molecule is CCCNCCCc1ncc(C2CCS(=O)(=O)C2)o1. The van der Waals surface area contributed by atoms with Crippen LogP contribution >= 0.6 is 0 Å². The van der Waals surface area contributed by atoms with Gasteiger partial charge in [0.15, 0.2) is 15.7 Å². The highest BCUT2D eigenvalue weighted by molar-refractivity contribution is 7.91. The van der Waals surface area contributed by atoms with E-state index in [1.54, 1.807) is 6.20 Å². The fraction of sp³-hybridized carbons (Fsp3) is 0.769. The number of oxazole rings is 1. The second kappa shape index (κ2) is 6.52. The lowest BCUT2D eigenvalue weighted by molar-refractivity contribution is 0.426. The number of hydrogen-bond donors (Lipinski definition) is 1. The van der Waals surface area contributed by atoms with E-state index < -0.39 is 9.84 Å². The summed E-state index contributed by atoms with van der Waals surface area (Å²) in [4.78, 5) is 4.24. The highest BCUT2D eigenvalue weighted by Gasteiger charge is 2.31. The molecule has 6 heteroatoms. The predicted molar refractivity (Wildman–Crippen MR) is 74.0 cm³/mol. The molecular formula is C13H22N2O3S. The van der Waals surface area contributed by atoms with Gasteiger partial charge in [-0.3, -0.25) is 0 Å². The summed E-state index contributed by atoms with van der Waals surface area (Å²) in [6.07, 6.45) is 5.29. The van der Waals surface area contributed by atoms with E-state index in [0.29, 0.717) is 6.42 Å². The number of sulfone groups is 1. The van der Waals surface area contributed by atoms with Gasteiger partial charge in [0, 0.05) is 12.3 Å². The predicted octanol–water partition coefficient (Wildman–Crippen LogP) is 1.51. The Morgan fingerprint density at radius 2 is 2.32 bits per heavy atom. The average molecular weight is 286 g/mol. The minimum absolute atomic E-state index is 0.00414. The molecule has 108 valence electrons. The maximum atomic E-state index is 11.4. The fourth-order valence-electron chi connectivity index (χ4n) is 2.31. The third-order valence-corrected chi connectivity index (χ3v) is 5.15. The highest BCUT2D eigenvalue weighted by atomic mass is 32.2. The largest absolute Gasteiger partial charge is 0.445 e. The molecule has 0 bridgehead atoms. The van der Waals surface area contributed by atoms with Crippen LogP contribution in [0.25, 0.3) is 0 Å². The molecule has 1 N–H and O–H groups in total. The Morgan fingerprint density at radius 3 is 3.00 bits per heavy atom. The summed E-state index contributed by atoms with van der Waals surface area (Å²) in [6.45, 7) is 4.14. The van der Waals surface area contributed by atoms with Gasteiger partial charge in [-0.25, -0.2) is 13.4 Å². The van der Waals surface area contributed by atoms with Crippen LogP contribution in [0.4, 0.5) is 0 Å². The van der Waals surface area contributed by atoms with Gasteiger partial charge in [-0.05, 0) is 32.4 Å². The first-order chi connectivity index (χ1) is 9.11. The minimum atomic E-state index is -2.86. The Balaban J connectivity index is 1.79. The van der Waals surface area contributed by atoms with Crippen molar-refractivity contribution in [2.45, 2.75) is 38.5 Å². The molecule has 1 aliphatic heterocycles. The van der Waals surface area contributed by atoms with Crippen LogP contribution in [-0.4, -0.2) is 38.0 Å². The lowest BCUT2D eigenvalue weighted by Gasteiger charge is -2.02. The molecule has 0 spiro atoms. The van der Waals surface area contributed by atoms with Crippen molar-refractivity contribution in [2.75, 3.05) is 24.6 Å². The van der Waals surface area contributed by atoms with E-state index in [-0.39, 0.29) is 17.4 Å². The zero-order valence-corrected chi connectivity index (χ0v) is 12.2. The summed E-state index contributed by atoms with van der Waals surface area (Å²) in [6, 6.07) is 0. The van der Waals surface area contributed by atoms with Gasteiger partial charge in [0.2, 0.25) is 0 Å². The van der Waals surface area contributed by atoms with Crippen LogP contribution in [-0.2, 0) is 16.3 Å². The van der Waals surface area contributed by atoms with E-state index in [2.05, 4.69) is 17.2 Å². The number of aryl methyl sites for hydroxylation is 1. The molecule has 1 unspecified atom stereocenters. The van der Waals surface area contributed by atoms with Gasteiger partial charge >= 0.3 is 0 Å². The molecule has 19 heavy (non-hydrogen) atoms. The lowest BCUT2D eigenvalue weighted by Crippen LogP contribution is -2.16. The van der Waals surface area contributed by atoms with Gasteiger partial charge in [0.25, 0.3) is 0 Å². The maximum Gasteiger partial charge on any atom is 0.194 e. The van der Waals surface area contributed by atoms with Crippen LogP contribution in [0.5, 0.6) is 0 Å². The van der Waals surface area contributed by atoms with E-state index in [4.69, 9.17) is 4.42 Å². The number of nitrogens with zero attached hydrogens (tertiary/aromatic N) is 1. The molecule has 2 rings (SSSR count). The van der Waals surface area contributed by atoms with Crippen molar-refractivity contribution in [3.8, 4) is 0 Å². The maximum absolute atomic E-state index is 11.4. The van der Waals surface area contributed by atoms with Crippen molar-refractivity contribution in [2.24, 2.45) is 0 Å². The molecule has 0 aliphatic carbocycles. The first-order valence-electron chi connectivity index (χ1n) is 6.96. The summed E-state index contributed by atoms with van der Waals surface area (Å²) >= 11 is 0. The summed E-state index contributed by atoms with van der Waals surface area (Å²) in [5, 5.41) is 3.33. The molecule has 1 aromatic rings. The van der Waals surface area contributed by atoms with E-state index >= 15 is 0 Å². The van der Waals surface area contributed by atoms with Crippen molar-refractivity contribution in [1.29, 1.82) is 0 Å². The molecule has 2 heterocycles. The number of aromatic nitrogens is 1. The standard InChI is InChI=1S/C13H22N2O3S/c1-2-6-14-7-3-4-13-15-9-12(18-13)11-5-8-19(16,17)10-11/h9,11,14H,2-8,10H2,1H3.